The van der Waals surface area contributed by atoms with Gasteiger partial charge >= 0.3 is 0 Å². The third-order valence-electron chi connectivity index (χ3n) is 3.25. The van der Waals surface area contributed by atoms with Gasteiger partial charge in [-0.2, -0.15) is 0 Å². The molecule has 0 spiro atoms. The van der Waals surface area contributed by atoms with E-state index in [4.69, 9.17) is 23.2 Å². The van der Waals surface area contributed by atoms with Gasteiger partial charge in [-0.15, -0.1) is 11.3 Å². The number of halogens is 3. The Labute approximate surface area is 148 Å². The van der Waals surface area contributed by atoms with Crippen LogP contribution in [-0.4, -0.2) is 6.54 Å². The van der Waals surface area contributed by atoms with Gasteiger partial charge in [0.2, 0.25) is 0 Å². The van der Waals surface area contributed by atoms with Crippen LogP contribution < -0.4 is 5.32 Å². The van der Waals surface area contributed by atoms with Crippen LogP contribution in [0.3, 0.4) is 0 Å². The van der Waals surface area contributed by atoms with Crippen molar-refractivity contribution in [2.24, 2.45) is 0 Å². The van der Waals surface area contributed by atoms with Crippen molar-refractivity contribution in [1.82, 2.24) is 5.32 Å². The van der Waals surface area contributed by atoms with Crippen LogP contribution in [0, 0.1) is 0 Å². The summed E-state index contributed by atoms with van der Waals surface area (Å²) in [5.41, 5.74) is 0.921. The van der Waals surface area contributed by atoms with Gasteiger partial charge in [0, 0.05) is 25.8 Å². The molecule has 21 heavy (non-hydrogen) atoms. The van der Waals surface area contributed by atoms with Gasteiger partial charge in [0.15, 0.2) is 0 Å². The van der Waals surface area contributed by atoms with Crippen LogP contribution in [0.15, 0.2) is 28.7 Å². The Morgan fingerprint density at radius 1 is 1.19 bits per heavy atom. The second kappa shape index (κ2) is 7.98. The van der Waals surface area contributed by atoms with Crippen LogP contribution in [0.2, 0.25) is 10.0 Å². The van der Waals surface area contributed by atoms with E-state index in [1.165, 1.54) is 4.88 Å². The maximum atomic E-state index is 6.36. The van der Waals surface area contributed by atoms with Crippen LogP contribution in [0.4, 0.5) is 0 Å². The Balaban J connectivity index is 2.35. The zero-order valence-corrected chi connectivity index (χ0v) is 16.0. The molecule has 114 valence electrons. The Morgan fingerprint density at radius 3 is 2.43 bits per heavy atom. The average molecular weight is 407 g/mol. The molecule has 1 heterocycles. The van der Waals surface area contributed by atoms with Crippen molar-refractivity contribution < 1.29 is 0 Å². The highest BCUT2D eigenvalue weighted by atomic mass is 79.9. The largest absolute Gasteiger partial charge is 0.310 e. The maximum absolute atomic E-state index is 6.36. The Hall–Kier alpha value is -0.0600. The first-order chi connectivity index (χ1) is 10.1. The lowest BCUT2D eigenvalue weighted by Crippen LogP contribution is -2.19. The summed E-state index contributed by atoms with van der Waals surface area (Å²) >= 11 is 17.9. The van der Waals surface area contributed by atoms with Gasteiger partial charge in [0.05, 0.1) is 10.0 Å². The Morgan fingerprint density at radius 2 is 1.86 bits per heavy atom. The fourth-order valence-electron chi connectivity index (χ4n) is 2.33. The highest BCUT2D eigenvalue weighted by Crippen LogP contribution is 2.41. The molecule has 0 aliphatic rings. The molecule has 0 fully saturated rings. The molecule has 0 saturated heterocycles. The van der Waals surface area contributed by atoms with E-state index in [-0.39, 0.29) is 0 Å². The molecule has 0 radical (unpaired) electrons. The zero-order valence-electron chi connectivity index (χ0n) is 12.1. The molecule has 2 rings (SSSR count). The van der Waals surface area contributed by atoms with Gasteiger partial charge in [-0.05, 0) is 37.2 Å². The first-order valence-corrected chi connectivity index (χ1v) is 9.41. The van der Waals surface area contributed by atoms with Crippen molar-refractivity contribution >= 4 is 50.5 Å². The molecule has 0 saturated carbocycles. The molecule has 5 heteroatoms. The summed E-state index contributed by atoms with van der Waals surface area (Å²) in [7, 11) is 0. The zero-order chi connectivity index (χ0) is 15.4. The Kier molecular flexibility index (Phi) is 6.57. The second-order valence-corrected chi connectivity index (χ2v) is 7.69. The quantitative estimate of drug-likeness (QED) is 0.547. The molecule has 0 aliphatic heterocycles. The number of hydrogen-bond acceptors (Lipinski definition) is 2. The summed E-state index contributed by atoms with van der Waals surface area (Å²) in [6.07, 6.45) is 2.29. The minimum Gasteiger partial charge on any atom is -0.310 e. The summed E-state index contributed by atoms with van der Waals surface area (Å²) in [5.74, 6) is 0. The molecule has 0 aliphatic carbocycles. The third kappa shape index (κ3) is 4.23. The minimum atomic E-state index is 0.409. The lowest BCUT2D eigenvalue weighted by Gasteiger charge is -2.15. The molecule has 1 aromatic carbocycles. The topological polar surface area (TPSA) is 12.0 Å². The second-order valence-electron chi connectivity index (χ2n) is 4.85. The molecule has 0 bridgehead atoms. The van der Waals surface area contributed by atoms with Gasteiger partial charge < -0.3 is 5.32 Å². The predicted molar refractivity (Wildman–Crippen MR) is 98.8 cm³/mol. The molecule has 2 aromatic rings. The Bertz CT molecular complexity index is 583. The van der Waals surface area contributed by atoms with Crippen molar-refractivity contribution in [3.8, 4) is 10.4 Å². The van der Waals surface area contributed by atoms with Crippen molar-refractivity contribution in [2.45, 2.75) is 32.7 Å². The maximum Gasteiger partial charge on any atom is 0.0518 e. The van der Waals surface area contributed by atoms with E-state index in [2.05, 4.69) is 47.2 Å². The van der Waals surface area contributed by atoms with Crippen LogP contribution in [0.25, 0.3) is 10.4 Å². The molecule has 1 N–H and O–H groups in total. The van der Waals surface area contributed by atoms with E-state index in [1.807, 2.05) is 12.1 Å². The van der Waals surface area contributed by atoms with E-state index < -0.39 is 0 Å². The van der Waals surface area contributed by atoms with Gasteiger partial charge in [-0.25, -0.2) is 0 Å². The molecular formula is C16H18BrCl2NS. The number of benzene rings is 1. The van der Waals surface area contributed by atoms with Crippen molar-refractivity contribution in [3.05, 3.63) is 43.7 Å². The predicted octanol–water partition coefficient (Wildman–Crippen LogP) is 6.94. The van der Waals surface area contributed by atoms with Crippen molar-refractivity contribution in [3.63, 3.8) is 0 Å². The number of thiophene rings is 1. The summed E-state index contributed by atoms with van der Waals surface area (Å²) in [5, 5.41) is 4.90. The summed E-state index contributed by atoms with van der Waals surface area (Å²) in [6, 6.07) is 8.47. The van der Waals surface area contributed by atoms with Crippen LogP contribution in [0.1, 0.15) is 37.6 Å². The van der Waals surface area contributed by atoms with Gasteiger partial charge in [-0.3, -0.25) is 0 Å². The van der Waals surface area contributed by atoms with E-state index >= 15 is 0 Å². The lowest BCUT2D eigenvalue weighted by molar-refractivity contribution is 0.516. The monoisotopic (exact) mass is 405 g/mol. The van der Waals surface area contributed by atoms with Crippen molar-refractivity contribution in [2.75, 3.05) is 6.54 Å². The van der Waals surface area contributed by atoms with Gasteiger partial charge in [-0.1, -0.05) is 59.4 Å². The molecule has 1 aromatic heterocycles. The van der Waals surface area contributed by atoms with Crippen LogP contribution >= 0.6 is 50.5 Å². The molecule has 0 amide bonds. The van der Waals surface area contributed by atoms with Crippen LogP contribution in [0.5, 0.6) is 0 Å². The minimum absolute atomic E-state index is 0.409. The fourth-order valence-corrected chi connectivity index (χ4v) is 5.05. The molecular weight excluding hydrogens is 389 g/mol. The molecule has 1 atom stereocenters. The van der Waals surface area contributed by atoms with E-state index in [9.17, 15) is 0 Å². The summed E-state index contributed by atoms with van der Waals surface area (Å²) < 4.78 is 0.898. The average Bonchev–Trinajstić information content (AvgIpc) is 2.86. The van der Waals surface area contributed by atoms with Gasteiger partial charge in [0.1, 0.15) is 0 Å². The number of hydrogen-bond donors (Lipinski definition) is 1. The summed E-state index contributed by atoms with van der Waals surface area (Å²) in [6.45, 7) is 5.32. The van der Waals surface area contributed by atoms with E-state index in [0.29, 0.717) is 16.1 Å². The molecule has 1 nitrogen and oxygen atoms in total. The highest BCUT2D eigenvalue weighted by molar-refractivity contribution is 9.10. The van der Waals surface area contributed by atoms with Gasteiger partial charge in [0.25, 0.3) is 0 Å². The normalized spacial score (nSPS) is 12.6. The number of rotatable bonds is 6. The van der Waals surface area contributed by atoms with Crippen LogP contribution in [-0.2, 0) is 0 Å². The van der Waals surface area contributed by atoms with E-state index in [1.54, 1.807) is 11.3 Å². The smallest absolute Gasteiger partial charge is 0.0518 e. The first-order valence-electron chi connectivity index (χ1n) is 7.04. The SMILES string of the molecule is CCCC(NCC)c1ccc(-c2c(Cl)cc(Br)cc2Cl)s1. The summed E-state index contributed by atoms with van der Waals surface area (Å²) in [4.78, 5) is 2.45. The third-order valence-corrected chi connectivity index (χ3v) is 5.52. The molecule has 1 unspecified atom stereocenters. The highest BCUT2D eigenvalue weighted by Gasteiger charge is 2.16. The number of nitrogens with one attached hydrogen (secondary N) is 1. The van der Waals surface area contributed by atoms with E-state index in [0.717, 1.165) is 34.3 Å². The first kappa shape index (κ1) is 17.3. The van der Waals surface area contributed by atoms with Crippen molar-refractivity contribution in [1.29, 1.82) is 0 Å². The lowest BCUT2D eigenvalue weighted by atomic mass is 10.1. The fraction of sp³-hybridized carbons (Fsp3) is 0.375. The standard InChI is InChI=1S/C16H18BrCl2NS/c1-3-5-13(20-4-2)14-6-7-15(21-14)16-11(18)8-10(17)9-12(16)19/h6-9,13,20H,3-5H2,1-2H3.